The number of aromatic nitrogens is 1. The van der Waals surface area contributed by atoms with E-state index in [1.54, 1.807) is 32.9 Å². The third kappa shape index (κ3) is 12.8. The number of nitrogens with zero attached hydrogens (tertiary/aromatic N) is 2. The highest BCUT2D eigenvalue weighted by atomic mass is 19.4. The van der Waals surface area contributed by atoms with Crippen molar-refractivity contribution in [2.45, 2.75) is 77.2 Å². The molecule has 3 heterocycles. The SMILES string of the molecule is CC1=C[C@@H](O)C[C@@H](F)Cc2nc(co2)C(=O)N2CCC[C@@H]2C(=O)O[C@H]([C@H](C)COC(=O)Nc2ccc(OC(F)(F)F)cc2)[C@H](C)/C=C/C(=O)NCC=C1. The van der Waals surface area contributed by atoms with E-state index in [1.165, 1.54) is 35.3 Å². The smallest absolute Gasteiger partial charge is 0.460 e. The second-order valence-electron chi connectivity index (χ2n) is 12.8. The molecular weight excluding hydrogens is 708 g/mol. The molecule has 2 aliphatic rings. The number of allylic oxidation sites excluding steroid dienone is 2. The molecule has 2 bridgehead atoms. The van der Waals surface area contributed by atoms with E-state index in [4.69, 9.17) is 13.9 Å². The summed E-state index contributed by atoms with van der Waals surface area (Å²) in [7, 11) is 0. The largest absolute Gasteiger partial charge is 0.573 e. The molecule has 0 saturated carbocycles. The third-order valence-electron chi connectivity index (χ3n) is 8.37. The zero-order chi connectivity index (χ0) is 38.7. The molecule has 2 aliphatic heterocycles. The molecule has 0 radical (unpaired) electrons. The average Bonchev–Trinajstić information content (AvgIpc) is 3.77. The number of ether oxygens (including phenoxy) is 3. The Morgan fingerprint density at radius 1 is 1.19 bits per heavy atom. The molecule has 53 heavy (non-hydrogen) atoms. The standard InChI is InChI=1S/C36H42F4N4O9/c1-21-6-4-14-41-30(46)13-8-22(2)32(23(3)19-51-35(49)42-25-9-11-27(12-10-25)53-36(38,39)40)52-34(48)29-7-5-15-44(29)33(47)28-20-50-31(43-28)18-24(37)17-26(45)16-21/h4,6,8-13,16,20,22-24,26,29,32,45H,5,7,14-15,17-19H2,1-3H3,(H,41,46)(H,42,49)/b6-4?,13-8+,21-16?/t22-,23-,24-,26-,29-,32+/m1/s1. The average molecular weight is 751 g/mol. The van der Waals surface area contributed by atoms with Gasteiger partial charge in [0.05, 0.1) is 19.1 Å². The van der Waals surface area contributed by atoms with E-state index in [-0.39, 0.29) is 56.2 Å². The van der Waals surface area contributed by atoms with Gasteiger partial charge in [-0.05, 0) is 50.1 Å². The number of carbonyl (C=O) groups excluding carboxylic acids is 4. The minimum Gasteiger partial charge on any atom is -0.460 e. The first-order valence-electron chi connectivity index (χ1n) is 17.0. The molecule has 6 atom stereocenters. The molecule has 4 rings (SSSR count). The molecular formula is C36H42F4N4O9. The molecule has 3 amide bonds. The number of benzene rings is 1. The maximum absolute atomic E-state index is 14.8. The van der Waals surface area contributed by atoms with Crippen molar-refractivity contribution in [1.82, 2.24) is 15.2 Å². The summed E-state index contributed by atoms with van der Waals surface area (Å²) < 4.78 is 72.7. The van der Waals surface area contributed by atoms with Gasteiger partial charge in [-0.1, -0.05) is 43.7 Å². The van der Waals surface area contributed by atoms with Crippen LogP contribution in [0.1, 0.15) is 56.4 Å². The maximum Gasteiger partial charge on any atom is 0.573 e. The van der Waals surface area contributed by atoms with E-state index in [1.807, 2.05) is 0 Å². The first-order chi connectivity index (χ1) is 25.1. The number of amides is 3. The number of cyclic esters (lactones) is 1. The van der Waals surface area contributed by atoms with Gasteiger partial charge in [-0.3, -0.25) is 14.9 Å². The van der Waals surface area contributed by atoms with Crippen molar-refractivity contribution < 1.29 is 60.5 Å². The fourth-order valence-corrected chi connectivity index (χ4v) is 5.83. The first kappa shape index (κ1) is 40.6. The Kier molecular flexibility index (Phi) is 14.2. The molecule has 13 nitrogen and oxygen atoms in total. The van der Waals surface area contributed by atoms with Gasteiger partial charge in [0.25, 0.3) is 5.91 Å². The van der Waals surface area contributed by atoms with Crippen molar-refractivity contribution in [3.05, 3.63) is 78.1 Å². The lowest BCUT2D eigenvalue weighted by Crippen LogP contribution is -2.44. The predicted octanol–water partition coefficient (Wildman–Crippen LogP) is 5.43. The van der Waals surface area contributed by atoms with Crippen molar-refractivity contribution in [3.8, 4) is 5.75 Å². The summed E-state index contributed by atoms with van der Waals surface area (Å²) in [4.78, 5) is 57.7. The van der Waals surface area contributed by atoms with Crippen molar-refractivity contribution in [1.29, 1.82) is 0 Å². The molecule has 0 aliphatic carbocycles. The van der Waals surface area contributed by atoms with Gasteiger partial charge in [0.2, 0.25) is 5.91 Å². The molecule has 1 fully saturated rings. The zero-order valence-electron chi connectivity index (χ0n) is 29.3. The van der Waals surface area contributed by atoms with Crippen molar-refractivity contribution in [3.63, 3.8) is 0 Å². The molecule has 1 aromatic carbocycles. The zero-order valence-corrected chi connectivity index (χ0v) is 29.3. The molecule has 0 unspecified atom stereocenters. The van der Waals surface area contributed by atoms with E-state index in [0.717, 1.165) is 18.4 Å². The normalized spacial score (nSPS) is 25.0. The highest BCUT2D eigenvalue weighted by molar-refractivity contribution is 5.95. The molecule has 1 saturated heterocycles. The molecule has 3 N–H and O–H groups in total. The van der Waals surface area contributed by atoms with Gasteiger partial charge in [0.15, 0.2) is 11.6 Å². The number of anilines is 1. The second kappa shape index (κ2) is 18.5. The molecule has 17 heteroatoms. The van der Waals surface area contributed by atoms with Crippen LogP contribution in [0.15, 0.2) is 70.9 Å². The quantitative estimate of drug-likeness (QED) is 0.265. The highest BCUT2D eigenvalue weighted by Crippen LogP contribution is 2.27. The van der Waals surface area contributed by atoms with Gasteiger partial charge >= 0.3 is 18.4 Å². The summed E-state index contributed by atoms with van der Waals surface area (Å²) in [6, 6.07) is 3.41. The summed E-state index contributed by atoms with van der Waals surface area (Å²) in [6.45, 7) is 5.12. The van der Waals surface area contributed by atoms with Crippen molar-refractivity contribution in [2.24, 2.45) is 11.8 Å². The molecule has 0 spiro atoms. The van der Waals surface area contributed by atoms with Gasteiger partial charge in [0.1, 0.15) is 30.3 Å². The van der Waals surface area contributed by atoms with Crippen LogP contribution in [0.5, 0.6) is 5.75 Å². The number of nitrogens with one attached hydrogen (secondary N) is 2. The Hall–Kier alpha value is -5.19. The Balaban J connectivity index is 1.50. The minimum atomic E-state index is -4.88. The lowest BCUT2D eigenvalue weighted by molar-refractivity contribution is -0.274. The first-order valence-corrected chi connectivity index (χ1v) is 17.0. The van der Waals surface area contributed by atoms with Crippen LogP contribution in [0.4, 0.5) is 28.0 Å². The highest BCUT2D eigenvalue weighted by Gasteiger charge is 2.39. The number of alkyl halides is 4. The summed E-state index contributed by atoms with van der Waals surface area (Å²) in [6.07, 6.45) is -0.551. The maximum atomic E-state index is 14.8. The number of fused-ring (bicyclic) bond motifs is 3. The summed E-state index contributed by atoms with van der Waals surface area (Å²) in [5.41, 5.74) is 0.637. The van der Waals surface area contributed by atoms with Gasteiger partial charge in [-0.15, -0.1) is 13.2 Å². The minimum absolute atomic E-state index is 0.0490. The van der Waals surface area contributed by atoms with E-state index in [9.17, 15) is 41.8 Å². The molecule has 1 aromatic heterocycles. The number of hydrogen-bond donors (Lipinski definition) is 3. The summed E-state index contributed by atoms with van der Waals surface area (Å²) >= 11 is 0. The van der Waals surface area contributed by atoms with Crippen LogP contribution in [-0.2, 0) is 25.5 Å². The third-order valence-corrected chi connectivity index (χ3v) is 8.37. The molecule has 288 valence electrons. The number of aliphatic hydroxyl groups is 1. The lowest BCUT2D eigenvalue weighted by atomic mass is 9.93. The van der Waals surface area contributed by atoms with Crippen LogP contribution in [0.25, 0.3) is 0 Å². The Morgan fingerprint density at radius 2 is 1.92 bits per heavy atom. The van der Waals surface area contributed by atoms with E-state index in [0.29, 0.717) is 12.0 Å². The number of rotatable bonds is 5. The predicted molar refractivity (Wildman–Crippen MR) is 181 cm³/mol. The second-order valence-corrected chi connectivity index (χ2v) is 12.8. The van der Waals surface area contributed by atoms with Crippen LogP contribution >= 0.6 is 0 Å². The fourth-order valence-electron chi connectivity index (χ4n) is 5.83. The fraction of sp³-hybridized carbons (Fsp3) is 0.472. The Bertz CT molecular complexity index is 1680. The number of esters is 1. The number of aliphatic hydroxyl groups excluding tert-OH is 1. The van der Waals surface area contributed by atoms with Gasteiger partial charge in [-0.25, -0.2) is 19.0 Å². The Morgan fingerprint density at radius 3 is 2.64 bits per heavy atom. The molecule has 2 aromatic rings. The lowest BCUT2D eigenvalue weighted by Gasteiger charge is -2.30. The Labute approximate surface area is 303 Å². The van der Waals surface area contributed by atoms with E-state index >= 15 is 0 Å². The number of oxazole rings is 1. The van der Waals surface area contributed by atoms with Gasteiger partial charge < -0.3 is 34.0 Å². The number of carbonyl (C=O) groups is 4. The number of halogens is 4. The summed E-state index contributed by atoms with van der Waals surface area (Å²) in [5, 5.41) is 15.4. The topological polar surface area (TPSA) is 170 Å². The van der Waals surface area contributed by atoms with Crippen molar-refractivity contribution >= 4 is 29.6 Å². The summed E-state index contributed by atoms with van der Waals surface area (Å²) in [5.74, 6) is -3.60. The van der Waals surface area contributed by atoms with Crippen LogP contribution in [0.3, 0.4) is 0 Å². The van der Waals surface area contributed by atoms with Crippen LogP contribution in [-0.4, -0.2) is 89.3 Å². The van der Waals surface area contributed by atoms with E-state index in [2.05, 4.69) is 20.4 Å². The van der Waals surface area contributed by atoms with Gasteiger partial charge in [0, 0.05) is 37.0 Å². The monoisotopic (exact) mass is 750 g/mol. The van der Waals surface area contributed by atoms with Gasteiger partial charge in [-0.2, -0.15) is 0 Å². The van der Waals surface area contributed by atoms with Crippen molar-refractivity contribution in [2.75, 3.05) is 25.0 Å². The van der Waals surface area contributed by atoms with Crippen LogP contribution in [0.2, 0.25) is 0 Å². The van der Waals surface area contributed by atoms with Crippen LogP contribution < -0.4 is 15.4 Å². The van der Waals surface area contributed by atoms with Crippen LogP contribution in [0, 0.1) is 11.8 Å². The number of hydrogen-bond acceptors (Lipinski definition) is 10. The van der Waals surface area contributed by atoms with E-state index < -0.39 is 72.2 Å².